The maximum atomic E-state index is 11.3. The summed E-state index contributed by atoms with van der Waals surface area (Å²) in [4.78, 5) is 27.3. The van der Waals surface area contributed by atoms with Crippen LogP contribution in [-0.4, -0.2) is 24.1 Å². The summed E-state index contributed by atoms with van der Waals surface area (Å²) in [5, 5.41) is 9.03. The summed E-state index contributed by atoms with van der Waals surface area (Å²) in [6.07, 6.45) is 1.60. The molecular weight excluding hydrogens is 353 g/mol. The second kappa shape index (κ2) is 10.4. The van der Waals surface area contributed by atoms with Gasteiger partial charge >= 0.3 is 0 Å². The summed E-state index contributed by atoms with van der Waals surface area (Å²) >= 11 is 11.9. The molecule has 0 radical (unpaired) electrons. The van der Waals surface area contributed by atoms with E-state index >= 15 is 0 Å². The molecule has 3 N–H and O–H groups in total. The highest BCUT2D eigenvalue weighted by atomic mass is 35.5. The van der Waals surface area contributed by atoms with Crippen LogP contribution in [0.4, 0.5) is 0 Å². The summed E-state index contributed by atoms with van der Waals surface area (Å²) in [5.74, 6) is -0.668. The van der Waals surface area contributed by atoms with Crippen molar-refractivity contribution in [1.82, 2.24) is 4.57 Å². The Balaban J connectivity index is 0.00000123. The van der Waals surface area contributed by atoms with Gasteiger partial charge < -0.3 is 19.9 Å². The number of hydrogen-bond donors (Lipinski definition) is 2. The van der Waals surface area contributed by atoms with Gasteiger partial charge in [-0.2, -0.15) is 0 Å². The van der Waals surface area contributed by atoms with Gasteiger partial charge in [0.2, 0.25) is 0 Å². The number of primary amides is 1. The van der Waals surface area contributed by atoms with Crippen LogP contribution in [0.2, 0.25) is 10.0 Å². The monoisotopic (exact) mass is 369 g/mol. The number of nitrogens with two attached hydrogens (primary N) is 1. The molecule has 0 saturated heterocycles. The first-order valence-electron chi connectivity index (χ1n) is 6.45. The number of halogens is 2. The highest BCUT2D eigenvalue weighted by molar-refractivity contribution is 6.31. The topological polar surface area (TPSA) is 106 Å². The predicted molar refractivity (Wildman–Crippen MR) is 93.3 cm³/mol. The normalized spacial score (nSPS) is 9.12. The second-order valence-electron chi connectivity index (χ2n) is 4.48. The van der Waals surface area contributed by atoms with Crippen molar-refractivity contribution in [2.24, 2.45) is 5.73 Å². The predicted octanol–water partition coefficient (Wildman–Crippen LogP) is 2.36. The number of carbonyl (C=O) groups excluding carboxylic acids is 3. The Bertz CT molecular complexity index is 774. The molecular formula is C16H17Cl2N3O3. The standard InChI is InChI=1S/C14H13Cl2N3O.2CH2O/c1-8-4-10(15)3-2-9(8)6-19-7-11(16)5-12(13(19)17)14(18)20;2*1-2/h2-5,7,17H,6H2,1H3,(H2,18,20);2*1H2. The molecule has 0 bridgehead atoms. The lowest BCUT2D eigenvalue weighted by atomic mass is 10.1. The number of aromatic nitrogens is 1. The number of pyridine rings is 1. The second-order valence-corrected chi connectivity index (χ2v) is 5.36. The Morgan fingerprint density at radius 2 is 1.75 bits per heavy atom. The first-order valence-corrected chi connectivity index (χ1v) is 7.21. The number of hydrogen-bond acceptors (Lipinski definition) is 4. The van der Waals surface area contributed by atoms with Crippen LogP contribution < -0.4 is 11.2 Å². The van der Waals surface area contributed by atoms with E-state index in [0.29, 0.717) is 16.6 Å². The highest BCUT2D eigenvalue weighted by Gasteiger charge is 2.09. The summed E-state index contributed by atoms with van der Waals surface area (Å²) < 4.78 is 1.58. The van der Waals surface area contributed by atoms with Gasteiger partial charge in [0.15, 0.2) is 0 Å². The number of carbonyl (C=O) groups is 3. The Morgan fingerprint density at radius 1 is 1.17 bits per heavy atom. The highest BCUT2D eigenvalue weighted by Crippen LogP contribution is 2.16. The molecule has 1 amide bonds. The van der Waals surface area contributed by atoms with Crippen LogP contribution in [0.15, 0.2) is 30.5 Å². The van der Waals surface area contributed by atoms with E-state index in [0.717, 1.165) is 11.1 Å². The maximum absolute atomic E-state index is 11.3. The van der Waals surface area contributed by atoms with Crippen molar-refractivity contribution in [3.63, 3.8) is 0 Å². The van der Waals surface area contributed by atoms with Crippen molar-refractivity contribution in [3.05, 3.63) is 62.7 Å². The zero-order valence-corrected chi connectivity index (χ0v) is 14.5. The lowest BCUT2D eigenvalue weighted by Gasteiger charge is -2.12. The van der Waals surface area contributed by atoms with Gasteiger partial charge in [-0.25, -0.2) is 0 Å². The van der Waals surface area contributed by atoms with Crippen molar-refractivity contribution in [2.75, 3.05) is 0 Å². The molecule has 0 aliphatic carbocycles. The molecule has 24 heavy (non-hydrogen) atoms. The van der Waals surface area contributed by atoms with E-state index in [9.17, 15) is 4.79 Å². The van der Waals surface area contributed by atoms with Crippen LogP contribution in [0, 0.1) is 12.3 Å². The van der Waals surface area contributed by atoms with E-state index in [2.05, 4.69) is 0 Å². The fourth-order valence-corrected chi connectivity index (χ4v) is 2.40. The molecule has 8 heteroatoms. The number of benzene rings is 1. The number of nitrogens with one attached hydrogen (secondary N) is 1. The van der Waals surface area contributed by atoms with Crippen LogP contribution in [0.3, 0.4) is 0 Å². The minimum Gasteiger partial charge on any atom is -0.365 e. The van der Waals surface area contributed by atoms with Crippen LogP contribution in [-0.2, 0) is 16.1 Å². The summed E-state index contributed by atoms with van der Waals surface area (Å²) in [6, 6.07) is 6.92. The van der Waals surface area contributed by atoms with Crippen molar-refractivity contribution >= 4 is 42.7 Å². The molecule has 0 spiro atoms. The molecule has 1 aromatic heterocycles. The number of aryl methyl sites for hydroxylation is 1. The molecule has 0 saturated carbocycles. The van der Waals surface area contributed by atoms with Crippen molar-refractivity contribution in [1.29, 1.82) is 5.41 Å². The fraction of sp³-hybridized carbons (Fsp3) is 0.125. The van der Waals surface area contributed by atoms with E-state index in [1.54, 1.807) is 16.8 Å². The average molecular weight is 370 g/mol. The minimum atomic E-state index is -0.668. The van der Waals surface area contributed by atoms with Crippen LogP contribution in [0.25, 0.3) is 0 Å². The Kier molecular flexibility index (Phi) is 9.30. The molecule has 2 aromatic rings. The molecule has 2 rings (SSSR count). The van der Waals surface area contributed by atoms with Gasteiger partial charge in [0.05, 0.1) is 10.6 Å². The summed E-state index contributed by atoms with van der Waals surface area (Å²) in [7, 11) is 0. The number of amides is 1. The van der Waals surface area contributed by atoms with Gasteiger partial charge in [-0.05, 0) is 36.2 Å². The molecule has 1 aromatic carbocycles. The largest absolute Gasteiger partial charge is 0.365 e. The van der Waals surface area contributed by atoms with Gasteiger partial charge in [0, 0.05) is 17.8 Å². The van der Waals surface area contributed by atoms with E-state index in [1.165, 1.54) is 6.07 Å². The Labute approximate surface area is 149 Å². The summed E-state index contributed by atoms with van der Waals surface area (Å²) in [6.45, 7) is 6.35. The van der Waals surface area contributed by atoms with Gasteiger partial charge in [-0.1, -0.05) is 29.3 Å². The van der Waals surface area contributed by atoms with E-state index in [-0.39, 0.29) is 11.1 Å². The Morgan fingerprint density at radius 3 is 2.25 bits per heavy atom. The SMILES string of the molecule is C=O.C=O.Cc1cc(Cl)ccc1Cn1cc(Cl)cc(C(N)=O)c1=N. The van der Waals surface area contributed by atoms with Crippen LogP contribution in [0.5, 0.6) is 0 Å². The van der Waals surface area contributed by atoms with Crippen molar-refractivity contribution < 1.29 is 14.4 Å². The van der Waals surface area contributed by atoms with E-state index in [4.69, 9.17) is 43.9 Å². The van der Waals surface area contributed by atoms with Crippen LogP contribution in [0.1, 0.15) is 21.5 Å². The van der Waals surface area contributed by atoms with Crippen LogP contribution >= 0.6 is 23.2 Å². The van der Waals surface area contributed by atoms with Gasteiger partial charge in [0.1, 0.15) is 19.1 Å². The lowest BCUT2D eigenvalue weighted by Crippen LogP contribution is -2.29. The molecule has 0 fully saturated rings. The molecule has 0 aliphatic heterocycles. The lowest BCUT2D eigenvalue weighted by molar-refractivity contribution is -0.0987. The molecule has 6 nitrogen and oxygen atoms in total. The molecule has 0 unspecified atom stereocenters. The van der Waals surface area contributed by atoms with Gasteiger partial charge in [-0.15, -0.1) is 0 Å². The quantitative estimate of drug-likeness (QED) is 0.866. The number of nitrogens with zero attached hydrogens (tertiary/aromatic N) is 1. The molecule has 1 heterocycles. The van der Waals surface area contributed by atoms with Gasteiger partial charge in [0.25, 0.3) is 5.91 Å². The first-order chi connectivity index (χ1) is 11.4. The smallest absolute Gasteiger partial charge is 0.252 e. The average Bonchev–Trinajstić information content (AvgIpc) is 2.56. The minimum absolute atomic E-state index is 0.0382. The zero-order valence-electron chi connectivity index (χ0n) is 13.0. The molecule has 128 valence electrons. The summed E-state index contributed by atoms with van der Waals surface area (Å²) in [5.41, 5.74) is 7.38. The Hall–Kier alpha value is -2.44. The third-order valence-electron chi connectivity index (χ3n) is 3.01. The number of rotatable bonds is 3. The third-order valence-corrected chi connectivity index (χ3v) is 3.46. The van der Waals surface area contributed by atoms with E-state index < -0.39 is 5.91 Å². The van der Waals surface area contributed by atoms with E-state index in [1.807, 2.05) is 32.6 Å². The van der Waals surface area contributed by atoms with Crippen molar-refractivity contribution in [2.45, 2.75) is 13.5 Å². The first kappa shape index (κ1) is 21.6. The van der Waals surface area contributed by atoms with Gasteiger partial charge in [-0.3, -0.25) is 10.2 Å². The fourth-order valence-electron chi connectivity index (χ4n) is 1.94. The van der Waals surface area contributed by atoms with Crippen molar-refractivity contribution in [3.8, 4) is 0 Å². The maximum Gasteiger partial charge on any atom is 0.252 e. The molecule has 0 atom stereocenters. The third kappa shape index (κ3) is 5.64. The molecule has 0 aliphatic rings. The zero-order chi connectivity index (χ0) is 18.9.